The second kappa shape index (κ2) is 11.4. The maximum Gasteiger partial charge on any atom is 0.407 e. The number of aromatic nitrogens is 2. The summed E-state index contributed by atoms with van der Waals surface area (Å²) < 4.78 is 11.0. The summed E-state index contributed by atoms with van der Waals surface area (Å²) in [4.78, 5) is 35.5. The molecular weight excluding hydrogens is 484 g/mol. The number of carbonyl (C=O) groups excluding carboxylic acids is 2. The Hall–Kier alpha value is -4.34. The number of alkyl carbamates (subject to hydrolysis) is 1. The number of amides is 2. The molecule has 1 aliphatic heterocycles. The molecule has 10 heteroatoms. The molecule has 2 aromatic carbocycles. The van der Waals surface area contributed by atoms with E-state index in [0.29, 0.717) is 30.5 Å². The molecule has 0 radical (unpaired) electrons. The summed E-state index contributed by atoms with van der Waals surface area (Å²) in [7, 11) is 1.63. The predicted molar refractivity (Wildman–Crippen MR) is 147 cm³/mol. The van der Waals surface area contributed by atoms with Crippen molar-refractivity contribution < 1.29 is 19.1 Å². The minimum absolute atomic E-state index is 0.121. The van der Waals surface area contributed by atoms with E-state index in [1.165, 1.54) is 6.20 Å². The topological polar surface area (TPSA) is 132 Å². The van der Waals surface area contributed by atoms with E-state index in [1.807, 2.05) is 74.2 Å². The molecule has 0 aliphatic carbocycles. The molecule has 4 rings (SSSR count). The third-order valence-corrected chi connectivity index (χ3v) is 6.01. The van der Waals surface area contributed by atoms with Gasteiger partial charge >= 0.3 is 6.09 Å². The zero-order valence-corrected chi connectivity index (χ0v) is 22.2. The van der Waals surface area contributed by atoms with Crippen LogP contribution in [0.5, 0.6) is 5.75 Å². The number of nitrogens with one attached hydrogen (secondary N) is 2. The maximum absolute atomic E-state index is 12.3. The van der Waals surface area contributed by atoms with E-state index < -0.39 is 17.6 Å². The highest BCUT2D eigenvalue weighted by Gasteiger charge is 2.26. The average molecular weight is 519 g/mol. The van der Waals surface area contributed by atoms with Gasteiger partial charge in [-0.1, -0.05) is 30.3 Å². The molecule has 10 nitrogen and oxygen atoms in total. The summed E-state index contributed by atoms with van der Waals surface area (Å²) in [6.45, 7) is 6.70. The molecule has 0 unspecified atom stereocenters. The number of methoxy groups -OCH3 is 1. The number of rotatable bonds is 7. The Morgan fingerprint density at radius 1 is 1.13 bits per heavy atom. The zero-order chi connectivity index (χ0) is 27.3. The van der Waals surface area contributed by atoms with Crippen LogP contribution in [0.15, 0.2) is 54.7 Å². The number of nitrogens with two attached hydrogens (primary N) is 1. The molecule has 1 saturated heterocycles. The van der Waals surface area contributed by atoms with Gasteiger partial charge in [-0.3, -0.25) is 4.79 Å². The van der Waals surface area contributed by atoms with Crippen LogP contribution in [0.3, 0.4) is 0 Å². The standard InChI is InChI=1S/C28H34N6O4/c1-28(2,3)38-27(36)32-20-11-8-14-34(17-20)26-30-16-22(24(29)35)25(33-26)31-19-12-13-23(37-4)21(15-19)18-9-6-5-7-10-18/h5-7,9-10,12-13,15-16,20H,8,11,14,17H2,1-4H3,(H2,29,35)(H,32,36)(H,30,31,33)/t20-/m0/s1. The number of carbonyl (C=O) groups is 2. The fraction of sp³-hybridized carbons (Fsp3) is 0.357. The van der Waals surface area contributed by atoms with Crippen LogP contribution < -0.4 is 26.0 Å². The van der Waals surface area contributed by atoms with Crippen molar-refractivity contribution >= 4 is 29.5 Å². The van der Waals surface area contributed by atoms with Crippen LogP contribution in [0, 0.1) is 0 Å². The lowest BCUT2D eigenvalue weighted by atomic mass is 10.0. The highest BCUT2D eigenvalue weighted by molar-refractivity contribution is 5.98. The van der Waals surface area contributed by atoms with Gasteiger partial charge in [0.25, 0.3) is 5.91 Å². The fourth-order valence-electron chi connectivity index (χ4n) is 4.32. The smallest absolute Gasteiger partial charge is 0.407 e. The molecular formula is C28H34N6O4. The Labute approximate surface area is 222 Å². The Kier molecular flexibility index (Phi) is 7.99. The predicted octanol–water partition coefficient (Wildman–Crippen LogP) is 4.49. The number of hydrogen-bond acceptors (Lipinski definition) is 8. The van der Waals surface area contributed by atoms with E-state index in [-0.39, 0.29) is 11.6 Å². The Bertz CT molecular complexity index is 1290. The quantitative estimate of drug-likeness (QED) is 0.417. The first-order valence-corrected chi connectivity index (χ1v) is 12.5. The van der Waals surface area contributed by atoms with Gasteiger partial charge in [0, 0.05) is 36.6 Å². The van der Waals surface area contributed by atoms with Crippen LogP contribution in [0.25, 0.3) is 11.1 Å². The van der Waals surface area contributed by atoms with Gasteiger partial charge in [-0.15, -0.1) is 0 Å². The Morgan fingerprint density at radius 2 is 1.89 bits per heavy atom. The molecule has 1 aliphatic rings. The van der Waals surface area contributed by atoms with Crippen LogP contribution in [0.1, 0.15) is 44.0 Å². The van der Waals surface area contributed by atoms with Crippen LogP contribution in [-0.4, -0.2) is 53.8 Å². The van der Waals surface area contributed by atoms with E-state index in [9.17, 15) is 9.59 Å². The zero-order valence-electron chi connectivity index (χ0n) is 22.2. The van der Waals surface area contributed by atoms with Gasteiger partial charge in [-0.2, -0.15) is 4.98 Å². The van der Waals surface area contributed by atoms with Gasteiger partial charge < -0.3 is 30.7 Å². The Morgan fingerprint density at radius 3 is 2.58 bits per heavy atom. The van der Waals surface area contributed by atoms with Crippen molar-refractivity contribution in [3.63, 3.8) is 0 Å². The lowest BCUT2D eigenvalue weighted by Crippen LogP contribution is -2.49. The molecule has 0 saturated carbocycles. The summed E-state index contributed by atoms with van der Waals surface area (Å²) in [5, 5.41) is 6.17. The Balaban J connectivity index is 1.57. The third-order valence-electron chi connectivity index (χ3n) is 6.01. The summed E-state index contributed by atoms with van der Waals surface area (Å²) in [5.74, 6) is 0.815. The molecule has 0 bridgehead atoms. The summed E-state index contributed by atoms with van der Waals surface area (Å²) >= 11 is 0. The van der Waals surface area contributed by atoms with Crippen molar-refractivity contribution in [2.75, 3.05) is 30.4 Å². The lowest BCUT2D eigenvalue weighted by Gasteiger charge is -2.33. The second-order valence-corrected chi connectivity index (χ2v) is 10.1. The molecule has 4 N–H and O–H groups in total. The number of ether oxygens (including phenoxy) is 2. The first-order valence-electron chi connectivity index (χ1n) is 12.5. The van der Waals surface area contributed by atoms with Gasteiger partial charge in [0.15, 0.2) is 0 Å². The van der Waals surface area contributed by atoms with Crippen molar-refractivity contribution in [1.29, 1.82) is 0 Å². The van der Waals surface area contributed by atoms with E-state index in [4.69, 9.17) is 15.2 Å². The molecule has 1 atom stereocenters. The van der Waals surface area contributed by atoms with Gasteiger partial charge in [0.05, 0.1) is 7.11 Å². The first kappa shape index (κ1) is 26.7. The summed E-state index contributed by atoms with van der Waals surface area (Å²) in [5.41, 5.74) is 7.82. The number of hydrogen-bond donors (Lipinski definition) is 3. The second-order valence-electron chi connectivity index (χ2n) is 10.1. The molecule has 2 heterocycles. The van der Waals surface area contributed by atoms with E-state index in [1.54, 1.807) is 7.11 Å². The van der Waals surface area contributed by atoms with Gasteiger partial charge in [-0.05, 0) is 57.4 Å². The van der Waals surface area contributed by atoms with Crippen molar-refractivity contribution in [2.45, 2.75) is 45.3 Å². The highest BCUT2D eigenvalue weighted by Crippen LogP contribution is 2.34. The molecule has 3 aromatic rings. The van der Waals surface area contributed by atoms with E-state index in [0.717, 1.165) is 29.7 Å². The number of primary amides is 1. The van der Waals surface area contributed by atoms with Crippen molar-refractivity contribution in [3.8, 4) is 16.9 Å². The molecule has 38 heavy (non-hydrogen) atoms. The minimum atomic E-state index is -0.640. The van der Waals surface area contributed by atoms with Gasteiger partial charge in [0.1, 0.15) is 22.7 Å². The van der Waals surface area contributed by atoms with E-state index >= 15 is 0 Å². The number of anilines is 3. The summed E-state index contributed by atoms with van der Waals surface area (Å²) in [6.07, 6.45) is 2.63. The lowest BCUT2D eigenvalue weighted by molar-refractivity contribution is 0.0499. The van der Waals surface area contributed by atoms with Crippen LogP contribution in [-0.2, 0) is 4.74 Å². The number of piperidine rings is 1. The van der Waals surface area contributed by atoms with Crippen LogP contribution >= 0.6 is 0 Å². The third kappa shape index (κ3) is 6.70. The molecule has 2 amide bonds. The van der Waals surface area contributed by atoms with Gasteiger partial charge in [0.2, 0.25) is 5.95 Å². The van der Waals surface area contributed by atoms with Crippen molar-refractivity contribution in [3.05, 3.63) is 60.3 Å². The average Bonchev–Trinajstić information content (AvgIpc) is 2.88. The van der Waals surface area contributed by atoms with Crippen molar-refractivity contribution in [2.24, 2.45) is 5.73 Å². The molecule has 0 spiro atoms. The van der Waals surface area contributed by atoms with Crippen LogP contribution in [0.2, 0.25) is 0 Å². The SMILES string of the molecule is COc1ccc(Nc2nc(N3CCC[C@H](NC(=O)OC(C)(C)C)C3)ncc2C(N)=O)cc1-c1ccccc1. The molecule has 1 aromatic heterocycles. The molecule has 1 fully saturated rings. The molecule has 200 valence electrons. The fourth-order valence-corrected chi connectivity index (χ4v) is 4.32. The van der Waals surface area contributed by atoms with Gasteiger partial charge in [-0.25, -0.2) is 9.78 Å². The monoisotopic (exact) mass is 518 g/mol. The number of nitrogens with zero attached hydrogens (tertiary/aromatic N) is 3. The largest absolute Gasteiger partial charge is 0.496 e. The minimum Gasteiger partial charge on any atom is -0.496 e. The maximum atomic E-state index is 12.3. The summed E-state index contributed by atoms with van der Waals surface area (Å²) in [6, 6.07) is 15.4. The number of benzene rings is 2. The first-order chi connectivity index (χ1) is 18.1. The van der Waals surface area contributed by atoms with Crippen LogP contribution in [0.4, 0.5) is 22.2 Å². The van der Waals surface area contributed by atoms with E-state index in [2.05, 4.69) is 20.6 Å². The van der Waals surface area contributed by atoms with Crippen molar-refractivity contribution in [1.82, 2.24) is 15.3 Å². The highest BCUT2D eigenvalue weighted by atomic mass is 16.6. The normalized spacial score (nSPS) is 15.5.